The average Bonchev–Trinajstić information content (AvgIpc) is 2.53. The van der Waals surface area contributed by atoms with Crippen molar-refractivity contribution in [2.75, 3.05) is 23.3 Å². The molecule has 0 unspecified atom stereocenters. The van der Waals surface area contributed by atoms with E-state index in [-0.39, 0.29) is 0 Å². The number of hydrogen-bond donors (Lipinski definition) is 1. The number of nitrogens with one attached hydrogen (secondary N) is 1. The van der Waals surface area contributed by atoms with E-state index in [4.69, 9.17) is 0 Å². The molecule has 0 aliphatic carbocycles. The highest BCUT2D eigenvalue weighted by atomic mass is 15.2. The summed E-state index contributed by atoms with van der Waals surface area (Å²) in [5.41, 5.74) is 2.14. The number of aryl methyl sites for hydroxylation is 1. The van der Waals surface area contributed by atoms with Crippen molar-refractivity contribution < 1.29 is 0 Å². The minimum absolute atomic E-state index is 0.369. The summed E-state index contributed by atoms with van der Waals surface area (Å²) in [6, 6.07) is 0.369. The summed E-state index contributed by atoms with van der Waals surface area (Å²) in [5.74, 6) is 1.88. The standard InChI is InChI=1S/C15H20N6/c1-11-12(2)18-10-19-15(11)20-13-4-3-7-21(9-13)14-8-16-5-6-17-14/h5-6,8,10,13H,3-4,7,9H2,1-2H3,(H,18,19,20)/t13-/m0/s1. The molecule has 2 aromatic rings. The third-order valence-corrected chi connectivity index (χ3v) is 3.97. The van der Waals surface area contributed by atoms with Gasteiger partial charge in [0.1, 0.15) is 18.0 Å². The maximum Gasteiger partial charge on any atom is 0.147 e. The van der Waals surface area contributed by atoms with Gasteiger partial charge in [0.15, 0.2) is 0 Å². The van der Waals surface area contributed by atoms with Gasteiger partial charge >= 0.3 is 0 Å². The number of piperidine rings is 1. The second-order valence-corrected chi connectivity index (χ2v) is 5.43. The third-order valence-electron chi connectivity index (χ3n) is 3.97. The molecule has 1 atom stereocenters. The first-order valence-corrected chi connectivity index (χ1v) is 7.30. The molecule has 0 bridgehead atoms. The molecule has 1 aliphatic rings. The van der Waals surface area contributed by atoms with Crippen molar-refractivity contribution in [3.05, 3.63) is 36.2 Å². The van der Waals surface area contributed by atoms with Crippen LogP contribution in [-0.4, -0.2) is 39.1 Å². The Hall–Kier alpha value is -2.24. The van der Waals surface area contributed by atoms with Gasteiger partial charge in [0.2, 0.25) is 0 Å². The summed E-state index contributed by atoms with van der Waals surface area (Å²) in [5, 5.41) is 3.55. The van der Waals surface area contributed by atoms with Crippen molar-refractivity contribution in [1.29, 1.82) is 0 Å². The first-order chi connectivity index (χ1) is 10.2. The molecule has 1 fully saturated rings. The molecular formula is C15H20N6. The Kier molecular flexibility index (Phi) is 3.94. The van der Waals surface area contributed by atoms with Crippen LogP contribution < -0.4 is 10.2 Å². The average molecular weight is 284 g/mol. The fraction of sp³-hybridized carbons (Fsp3) is 0.467. The first-order valence-electron chi connectivity index (χ1n) is 7.30. The zero-order valence-electron chi connectivity index (χ0n) is 12.5. The minimum atomic E-state index is 0.369. The van der Waals surface area contributed by atoms with Crippen LogP contribution in [0.25, 0.3) is 0 Å². The quantitative estimate of drug-likeness (QED) is 0.929. The fourth-order valence-corrected chi connectivity index (χ4v) is 2.63. The largest absolute Gasteiger partial charge is 0.365 e. The first kappa shape index (κ1) is 13.7. The Labute approximate surface area is 124 Å². The van der Waals surface area contributed by atoms with Crippen LogP contribution in [0.4, 0.5) is 11.6 Å². The number of aromatic nitrogens is 4. The number of hydrogen-bond acceptors (Lipinski definition) is 6. The molecule has 0 radical (unpaired) electrons. The highest BCUT2D eigenvalue weighted by Crippen LogP contribution is 2.21. The van der Waals surface area contributed by atoms with Crippen molar-refractivity contribution in [3.8, 4) is 0 Å². The van der Waals surface area contributed by atoms with Gasteiger partial charge in [0.25, 0.3) is 0 Å². The fourth-order valence-electron chi connectivity index (χ4n) is 2.63. The Morgan fingerprint density at radius 2 is 2.10 bits per heavy atom. The van der Waals surface area contributed by atoms with Crippen LogP contribution in [0.5, 0.6) is 0 Å². The summed E-state index contributed by atoms with van der Waals surface area (Å²) in [7, 11) is 0. The lowest BCUT2D eigenvalue weighted by molar-refractivity contribution is 0.524. The smallest absolute Gasteiger partial charge is 0.147 e. The van der Waals surface area contributed by atoms with Crippen LogP contribution in [0.2, 0.25) is 0 Å². The molecule has 6 heteroatoms. The molecule has 0 spiro atoms. The summed E-state index contributed by atoms with van der Waals surface area (Å²) in [6.07, 6.45) is 9.16. The van der Waals surface area contributed by atoms with E-state index in [1.165, 1.54) is 0 Å². The highest BCUT2D eigenvalue weighted by molar-refractivity contribution is 5.46. The van der Waals surface area contributed by atoms with E-state index in [0.717, 1.165) is 48.8 Å². The summed E-state index contributed by atoms with van der Waals surface area (Å²) < 4.78 is 0. The Bertz CT molecular complexity index is 600. The topological polar surface area (TPSA) is 66.8 Å². The van der Waals surface area contributed by atoms with Crippen LogP contribution in [0.3, 0.4) is 0 Å². The number of nitrogens with zero attached hydrogens (tertiary/aromatic N) is 5. The van der Waals surface area contributed by atoms with Crippen LogP contribution in [0.15, 0.2) is 24.9 Å². The zero-order valence-corrected chi connectivity index (χ0v) is 12.5. The molecule has 0 aromatic carbocycles. The van der Waals surface area contributed by atoms with Crippen LogP contribution in [0.1, 0.15) is 24.1 Å². The lowest BCUT2D eigenvalue weighted by Gasteiger charge is -2.34. The predicted molar refractivity (Wildman–Crippen MR) is 82.4 cm³/mol. The Morgan fingerprint density at radius 3 is 2.90 bits per heavy atom. The van der Waals surface area contributed by atoms with Gasteiger partial charge in [-0.3, -0.25) is 4.98 Å². The number of rotatable bonds is 3. The van der Waals surface area contributed by atoms with Gasteiger partial charge in [0.05, 0.1) is 6.20 Å². The maximum atomic E-state index is 4.39. The van der Waals surface area contributed by atoms with Crippen molar-refractivity contribution >= 4 is 11.6 Å². The molecule has 21 heavy (non-hydrogen) atoms. The molecule has 0 saturated carbocycles. The minimum Gasteiger partial charge on any atom is -0.365 e. The lowest BCUT2D eigenvalue weighted by Crippen LogP contribution is -2.42. The maximum absolute atomic E-state index is 4.39. The van der Waals surface area contributed by atoms with E-state index in [2.05, 4.69) is 37.1 Å². The second kappa shape index (κ2) is 6.03. The van der Waals surface area contributed by atoms with Crippen molar-refractivity contribution in [3.63, 3.8) is 0 Å². The van der Waals surface area contributed by atoms with E-state index < -0.39 is 0 Å². The molecule has 110 valence electrons. The molecule has 0 amide bonds. The molecule has 3 heterocycles. The molecular weight excluding hydrogens is 264 g/mol. The SMILES string of the molecule is Cc1ncnc(N[C@H]2CCCN(c3cnccn3)C2)c1C. The Balaban J connectivity index is 1.70. The predicted octanol–water partition coefficient (Wildman–Crippen LogP) is 1.96. The monoisotopic (exact) mass is 284 g/mol. The molecule has 3 rings (SSSR count). The van der Waals surface area contributed by atoms with E-state index >= 15 is 0 Å². The van der Waals surface area contributed by atoms with Gasteiger partial charge in [-0.05, 0) is 26.7 Å². The van der Waals surface area contributed by atoms with E-state index in [1.807, 2.05) is 13.1 Å². The number of anilines is 2. The van der Waals surface area contributed by atoms with Crippen LogP contribution >= 0.6 is 0 Å². The van der Waals surface area contributed by atoms with Gasteiger partial charge in [-0.25, -0.2) is 15.0 Å². The zero-order chi connectivity index (χ0) is 14.7. The third kappa shape index (κ3) is 3.09. The van der Waals surface area contributed by atoms with Gasteiger partial charge < -0.3 is 10.2 Å². The summed E-state index contributed by atoms with van der Waals surface area (Å²) in [4.78, 5) is 19.4. The van der Waals surface area contributed by atoms with Gasteiger partial charge in [-0.1, -0.05) is 0 Å². The second-order valence-electron chi connectivity index (χ2n) is 5.43. The Morgan fingerprint density at radius 1 is 1.19 bits per heavy atom. The highest BCUT2D eigenvalue weighted by Gasteiger charge is 2.21. The lowest BCUT2D eigenvalue weighted by atomic mass is 10.1. The summed E-state index contributed by atoms with van der Waals surface area (Å²) >= 11 is 0. The van der Waals surface area contributed by atoms with Crippen LogP contribution in [-0.2, 0) is 0 Å². The van der Waals surface area contributed by atoms with E-state index in [1.54, 1.807) is 18.7 Å². The molecule has 1 N–H and O–H groups in total. The summed E-state index contributed by atoms with van der Waals surface area (Å²) in [6.45, 7) is 6.01. The molecule has 6 nitrogen and oxygen atoms in total. The van der Waals surface area contributed by atoms with Crippen molar-refractivity contribution in [2.24, 2.45) is 0 Å². The molecule has 2 aromatic heterocycles. The van der Waals surface area contributed by atoms with Crippen molar-refractivity contribution in [1.82, 2.24) is 19.9 Å². The van der Waals surface area contributed by atoms with Crippen molar-refractivity contribution in [2.45, 2.75) is 32.7 Å². The van der Waals surface area contributed by atoms with Gasteiger partial charge in [0, 0.05) is 42.8 Å². The van der Waals surface area contributed by atoms with Gasteiger partial charge in [-0.15, -0.1) is 0 Å². The normalized spacial score (nSPS) is 18.6. The van der Waals surface area contributed by atoms with Crippen LogP contribution in [0, 0.1) is 13.8 Å². The van der Waals surface area contributed by atoms with E-state index in [0.29, 0.717) is 6.04 Å². The van der Waals surface area contributed by atoms with Gasteiger partial charge in [-0.2, -0.15) is 0 Å². The van der Waals surface area contributed by atoms with E-state index in [9.17, 15) is 0 Å². The molecule has 1 aliphatic heterocycles. The molecule has 1 saturated heterocycles.